The van der Waals surface area contributed by atoms with E-state index in [1.807, 2.05) is 39.0 Å². The smallest absolute Gasteiger partial charge is 0.324 e. The maximum absolute atomic E-state index is 13.8. The van der Waals surface area contributed by atoms with Crippen molar-refractivity contribution in [2.24, 2.45) is 5.92 Å². The van der Waals surface area contributed by atoms with E-state index in [9.17, 15) is 13.2 Å². The van der Waals surface area contributed by atoms with Crippen LogP contribution < -0.4 is 0 Å². The third-order valence-corrected chi connectivity index (χ3v) is 11.8. The van der Waals surface area contributed by atoms with E-state index < -0.39 is 22.0 Å². The number of pyridine rings is 1. The summed E-state index contributed by atoms with van der Waals surface area (Å²) in [5.74, 6) is 0.437. The minimum atomic E-state index is -3.96. The van der Waals surface area contributed by atoms with Gasteiger partial charge in [-0.2, -0.15) is 4.31 Å². The molecule has 0 bridgehead atoms. The Balaban J connectivity index is 1.02. The number of aryl methyl sites for hydroxylation is 1. The third-order valence-electron chi connectivity index (χ3n) is 9.95. The van der Waals surface area contributed by atoms with Crippen LogP contribution in [0.3, 0.4) is 0 Å². The highest BCUT2D eigenvalue weighted by Gasteiger charge is 2.34. The molecule has 0 aliphatic carbocycles. The molecule has 11 heteroatoms. The fourth-order valence-electron chi connectivity index (χ4n) is 7.11. The summed E-state index contributed by atoms with van der Waals surface area (Å²) in [5.41, 5.74) is 5.31. The largest absolute Gasteiger partial charge is 0.464 e. The first kappa shape index (κ1) is 37.3. The van der Waals surface area contributed by atoms with Crippen LogP contribution in [0, 0.1) is 12.8 Å². The van der Waals surface area contributed by atoms with E-state index in [2.05, 4.69) is 85.0 Å². The summed E-state index contributed by atoms with van der Waals surface area (Å²) in [4.78, 5) is 27.3. The highest BCUT2D eigenvalue weighted by atomic mass is 32.2. The van der Waals surface area contributed by atoms with Crippen LogP contribution in [0.4, 0.5) is 0 Å². The summed E-state index contributed by atoms with van der Waals surface area (Å²) >= 11 is 0. The van der Waals surface area contributed by atoms with E-state index in [0.29, 0.717) is 19.4 Å². The lowest BCUT2D eigenvalue weighted by molar-refractivity contribution is -0.148. The summed E-state index contributed by atoms with van der Waals surface area (Å²) in [5, 5.41) is 0. The lowest BCUT2D eigenvalue weighted by Gasteiger charge is -2.39. The quantitative estimate of drug-likeness (QED) is 0.0936. The van der Waals surface area contributed by atoms with Crippen molar-refractivity contribution in [1.82, 2.24) is 28.6 Å². The molecule has 5 aromatic rings. The molecular formula is C41H50N6O4S. The lowest BCUT2D eigenvalue weighted by Crippen LogP contribution is -2.48. The number of esters is 1. The van der Waals surface area contributed by atoms with E-state index in [1.165, 1.54) is 22.5 Å². The van der Waals surface area contributed by atoms with E-state index in [1.54, 1.807) is 24.5 Å². The summed E-state index contributed by atoms with van der Waals surface area (Å²) < 4.78 is 36.6. The van der Waals surface area contributed by atoms with Gasteiger partial charge in [0.2, 0.25) is 10.0 Å². The zero-order valence-corrected chi connectivity index (χ0v) is 31.5. The number of rotatable bonds is 15. The van der Waals surface area contributed by atoms with Crippen molar-refractivity contribution in [3.63, 3.8) is 0 Å². The SMILES string of the molecule is Cc1nc2cnccc2n1Cc1ccc(S(=O)(=O)N(C)[C@@H](CC(C)C)C(=O)OCCCN2CCN(C(c3ccccc3)c3ccccc3)CC2)cc1. The van der Waals surface area contributed by atoms with E-state index in [4.69, 9.17) is 4.74 Å². The molecule has 1 fully saturated rings. The zero-order valence-electron chi connectivity index (χ0n) is 30.6. The third kappa shape index (κ3) is 8.78. The van der Waals surface area contributed by atoms with E-state index >= 15 is 0 Å². The van der Waals surface area contributed by atoms with Gasteiger partial charge in [0.1, 0.15) is 17.4 Å². The van der Waals surface area contributed by atoms with Gasteiger partial charge >= 0.3 is 5.97 Å². The molecule has 0 spiro atoms. The van der Waals surface area contributed by atoms with Crippen molar-refractivity contribution in [3.8, 4) is 0 Å². The van der Waals surface area contributed by atoms with Gasteiger partial charge in [-0.25, -0.2) is 13.4 Å². The number of likely N-dealkylation sites (N-methyl/N-ethyl adjacent to an activating group) is 1. The molecule has 3 heterocycles. The fourth-order valence-corrected chi connectivity index (χ4v) is 8.43. The Kier molecular flexibility index (Phi) is 12.2. The van der Waals surface area contributed by atoms with Gasteiger partial charge in [-0.3, -0.25) is 14.7 Å². The molecule has 1 aliphatic heterocycles. The van der Waals surface area contributed by atoms with Crippen molar-refractivity contribution in [2.75, 3.05) is 46.4 Å². The molecule has 0 unspecified atom stereocenters. The summed E-state index contributed by atoms with van der Waals surface area (Å²) in [7, 11) is -2.48. The minimum Gasteiger partial charge on any atom is -0.464 e. The number of aromatic nitrogens is 3. The molecule has 52 heavy (non-hydrogen) atoms. The molecular weight excluding hydrogens is 673 g/mol. The monoisotopic (exact) mass is 722 g/mol. The molecule has 0 saturated carbocycles. The molecule has 0 radical (unpaired) electrons. The number of benzene rings is 3. The first-order valence-corrected chi connectivity index (χ1v) is 19.6. The Morgan fingerprint density at radius 2 is 1.52 bits per heavy atom. The number of sulfonamides is 1. The van der Waals surface area contributed by atoms with Gasteiger partial charge in [0.15, 0.2) is 0 Å². The Hall–Kier alpha value is -4.42. The predicted molar refractivity (Wildman–Crippen MR) is 204 cm³/mol. The summed E-state index contributed by atoms with van der Waals surface area (Å²) in [6, 6.07) is 29.4. The molecule has 274 valence electrons. The molecule has 6 rings (SSSR count). The van der Waals surface area contributed by atoms with Crippen molar-refractivity contribution < 1.29 is 17.9 Å². The molecule has 3 aromatic carbocycles. The number of fused-ring (bicyclic) bond motifs is 1. The van der Waals surface area contributed by atoms with Gasteiger partial charge in [0, 0.05) is 52.5 Å². The van der Waals surface area contributed by atoms with Gasteiger partial charge in [0.25, 0.3) is 0 Å². The second kappa shape index (κ2) is 16.9. The van der Waals surface area contributed by atoms with Gasteiger partial charge in [0.05, 0.1) is 29.3 Å². The summed E-state index contributed by atoms with van der Waals surface area (Å²) in [6.07, 6.45) is 4.51. The Bertz CT molecular complexity index is 1970. The van der Waals surface area contributed by atoms with Crippen molar-refractivity contribution in [2.45, 2.75) is 57.1 Å². The number of carbonyl (C=O) groups is 1. The zero-order chi connectivity index (χ0) is 36.7. The van der Waals surface area contributed by atoms with Gasteiger partial charge in [-0.15, -0.1) is 0 Å². The average molecular weight is 723 g/mol. The van der Waals surface area contributed by atoms with Crippen molar-refractivity contribution >= 4 is 27.0 Å². The highest BCUT2D eigenvalue weighted by Crippen LogP contribution is 2.30. The lowest BCUT2D eigenvalue weighted by atomic mass is 9.96. The molecule has 0 N–H and O–H groups in total. The van der Waals surface area contributed by atoms with Gasteiger partial charge in [-0.1, -0.05) is 86.6 Å². The first-order chi connectivity index (χ1) is 25.1. The number of ether oxygens (including phenoxy) is 1. The van der Waals surface area contributed by atoms with Gasteiger partial charge < -0.3 is 14.2 Å². The molecule has 10 nitrogen and oxygen atoms in total. The minimum absolute atomic E-state index is 0.0907. The predicted octanol–water partition coefficient (Wildman–Crippen LogP) is 6.16. The molecule has 1 atom stereocenters. The fraction of sp³-hybridized carbons (Fsp3) is 0.390. The Labute approximate surface area is 308 Å². The van der Waals surface area contributed by atoms with E-state index in [0.717, 1.165) is 55.1 Å². The molecule has 0 amide bonds. The number of imidazole rings is 1. The Morgan fingerprint density at radius 3 is 2.13 bits per heavy atom. The topological polar surface area (TPSA) is 101 Å². The van der Waals surface area contributed by atoms with Crippen LogP contribution in [0.5, 0.6) is 0 Å². The van der Waals surface area contributed by atoms with Crippen LogP contribution in [-0.4, -0.2) is 95.4 Å². The van der Waals surface area contributed by atoms with E-state index in [-0.39, 0.29) is 23.5 Å². The number of hydrogen-bond donors (Lipinski definition) is 0. The molecule has 1 aliphatic rings. The first-order valence-electron chi connectivity index (χ1n) is 18.2. The van der Waals surface area contributed by atoms with Crippen LogP contribution in [0.25, 0.3) is 11.0 Å². The average Bonchev–Trinajstić information content (AvgIpc) is 3.47. The normalized spacial score (nSPS) is 15.1. The van der Waals surface area contributed by atoms with Crippen molar-refractivity contribution in [1.29, 1.82) is 0 Å². The van der Waals surface area contributed by atoms with Crippen LogP contribution in [-0.2, 0) is 26.1 Å². The number of hydrogen-bond acceptors (Lipinski definition) is 8. The van der Waals surface area contributed by atoms with Crippen LogP contribution in [0.2, 0.25) is 0 Å². The van der Waals surface area contributed by atoms with Crippen LogP contribution in [0.15, 0.2) is 108 Å². The van der Waals surface area contributed by atoms with Gasteiger partial charge in [-0.05, 0) is 60.6 Å². The number of nitrogens with zero attached hydrogens (tertiary/aromatic N) is 6. The maximum atomic E-state index is 13.8. The highest BCUT2D eigenvalue weighted by molar-refractivity contribution is 7.89. The second-order valence-corrected chi connectivity index (χ2v) is 16.0. The van der Waals surface area contributed by atoms with Crippen LogP contribution >= 0.6 is 0 Å². The van der Waals surface area contributed by atoms with Crippen LogP contribution in [0.1, 0.15) is 55.2 Å². The van der Waals surface area contributed by atoms with Crippen molar-refractivity contribution in [3.05, 3.63) is 126 Å². The molecule has 2 aromatic heterocycles. The maximum Gasteiger partial charge on any atom is 0.324 e. The number of carbonyl (C=O) groups excluding carboxylic acids is 1. The summed E-state index contributed by atoms with van der Waals surface area (Å²) in [6.45, 7) is 11.2. The Morgan fingerprint density at radius 1 is 0.885 bits per heavy atom. The second-order valence-electron chi connectivity index (χ2n) is 14.0. The number of piperazine rings is 1. The molecule has 1 saturated heterocycles. The standard InChI is InChI=1S/C41H50N6O4S/c1-31(2)28-39(44(4)52(49,50)36-18-16-33(17-19-36)30-47-32(3)43-37-29-42-21-20-38(37)47)41(48)51-27-11-22-45-23-25-46(26-24-45)40(34-12-7-5-8-13-34)35-14-9-6-10-15-35/h5-10,12-21,29,31,39-40H,11,22-28,30H2,1-4H3/t39-/m0/s1.